The van der Waals surface area contributed by atoms with E-state index in [4.69, 9.17) is 0 Å². The van der Waals surface area contributed by atoms with Gasteiger partial charge in [-0.25, -0.2) is 0 Å². The van der Waals surface area contributed by atoms with Crippen LogP contribution in [0.25, 0.3) is 10.8 Å². The van der Waals surface area contributed by atoms with Crippen LogP contribution in [0.3, 0.4) is 0 Å². The Balaban J connectivity index is 1.89. The van der Waals surface area contributed by atoms with E-state index in [1.807, 2.05) is 36.4 Å². The smallest absolute Gasteiger partial charge is 0.252 e. The molecule has 1 fully saturated rings. The standard InChI is InChI=1S/C17H18BrNO/c18-16-11-10-15(13-8-4-5-9-14(13)16)17(20)19-12-6-2-1-3-7-12/h4-5,8-12H,1-3,6-7H2,(H,19,20). The van der Waals surface area contributed by atoms with Crippen molar-refractivity contribution in [2.45, 2.75) is 38.1 Å². The van der Waals surface area contributed by atoms with E-state index in [9.17, 15) is 4.79 Å². The van der Waals surface area contributed by atoms with E-state index >= 15 is 0 Å². The maximum atomic E-state index is 12.5. The first-order valence-electron chi connectivity index (χ1n) is 7.24. The van der Waals surface area contributed by atoms with E-state index in [-0.39, 0.29) is 5.91 Å². The highest BCUT2D eigenvalue weighted by molar-refractivity contribution is 9.10. The zero-order valence-corrected chi connectivity index (χ0v) is 12.9. The number of carbonyl (C=O) groups excluding carboxylic acids is 1. The minimum Gasteiger partial charge on any atom is -0.349 e. The summed E-state index contributed by atoms with van der Waals surface area (Å²) in [7, 11) is 0. The maximum absolute atomic E-state index is 12.5. The number of amides is 1. The van der Waals surface area contributed by atoms with Crippen LogP contribution in [0.15, 0.2) is 40.9 Å². The first kappa shape index (κ1) is 13.6. The lowest BCUT2D eigenvalue weighted by atomic mass is 9.95. The van der Waals surface area contributed by atoms with Gasteiger partial charge in [0.25, 0.3) is 5.91 Å². The van der Waals surface area contributed by atoms with E-state index in [2.05, 4.69) is 21.2 Å². The Kier molecular flexibility index (Phi) is 4.06. The monoisotopic (exact) mass is 331 g/mol. The van der Waals surface area contributed by atoms with Crippen molar-refractivity contribution in [2.75, 3.05) is 0 Å². The number of halogens is 1. The summed E-state index contributed by atoms with van der Waals surface area (Å²) < 4.78 is 1.03. The third kappa shape index (κ3) is 2.73. The molecule has 0 bridgehead atoms. The van der Waals surface area contributed by atoms with Gasteiger partial charge in [-0.05, 0) is 35.7 Å². The van der Waals surface area contributed by atoms with Crippen LogP contribution in [0, 0.1) is 0 Å². The molecule has 104 valence electrons. The van der Waals surface area contributed by atoms with E-state index in [1.165, 1.54) is 19.3 Å². The summed E-state index contributed by atoms with van der Waals surface area (Å²) in [4.78, 5) is 12.5. The molecule has 1 amide bonds. The molecule has 20 heavy (non-hydrogen) atoms. The number of rotatable bonds is 2. The predicted molar refractivity (Wildman–Crippen MR) is 86.0 cm³/mol. The van der Waals surface area contributed by atoms with Gasteiger partial charge in [0, 0.05) is 16.1 Å². The van der Waals surface area contributed by atoms with Gasteiger partial charge in [0.2, 0.25) is 0 Å². The first-order valence-corrected chi connectivity index (χ1v) is 8.03. The summed E-state index contributed by atoms with van der Waals surface area (Å²) >= 11 is 3.55. The summed E-state index contributed by atoms with van der Waals surface area (Å²) in [5.41, 5.74) is 0.773. The lowest BCUT2D eigenvalue weighted by molar-refractivity contribution is 0.0929. The molecule has 2 aromatic rings. The quantitative estimate of drug-likeness (QED) is 0.851. The molecule has 3 heteroatoms. The van der Waals surface area contributed by atoms with Gasteiger partial charge < -0.3 is 5.32 Å². The van der Waals surface area contributed by atoms with Crippen molar-refractivity contribution in [3.05, 3.63) is 46.4 Å². The molecule has 1 N–H and O–H groups in total. The Morgan fingerprint density at radius 1 is 1.00 bits per heavy atom. The van der Waals surface area contributed by atoms with Crippen molar-refractivity contribution in [1.29, 1.82) is 0 Å². The van der Waals surface area contributed by atoms with Crippen molar-refractivity contribution in [2.24, 2.45) is 0 Å². The number of nitrogens with one attached hydrogen (secondary N) is 1. The number of fused-ring (bicyclic) bond motifs is 1. The van der Waals surface area contributed by atoms with Gasteiger partial charge in [-0.15, -0.1) is 0 Å². The van der Waals surface area contributed by atoms with Crippen LogP contribution in [0.5, 0.6) is 0 Å². The third-order valence-corrected chi connectivity index (χ3v) is 4.75. The topological polar surface area (TPSA) is 29.1 Å². The Bertz CT molecular complexity index is 632. The van der Waals surface area contributed by atoms with E-state index in [1.54, 1.807) is 0 Å². The highest BCUT2D eigenvalue weighted by atomic mass is 79.9. The molecule has 0 unspecified atom stereocenters. The number of benzene rings is 2. The van der Waals surface area contributed by atoms with Crippen molar-refractivity contribution in [3.8, 4) is 0 Å². The average molecular weight is 332 g/mol. The highest BCUT2D eigenvalue weighted by Crippen LogP contribution is 2.27. The molecule has 1 saturated carbocycles. The van der Waals surface area contributed by atoms with Crippen LogP contribution in [0.4, 0.5) is 0 Å². The second-order valence-corrected chi connectivity index (χ2v) is 6.30. The van der Waals surface area contributed by atoms with Crippen molar-refractivity contribution in [1.82, 2.24) is 5.32 Å². The van der Waals surface area contributed by atoms with Crippen LogP contribution in [-0.2, 0) is 0 Å². The van der Waals surface area contributed by atoms with Gasteiger partial charge >= 0.3 is 0 Å². The van der Waals surface area contributed by atoms with Gasteiger partial charge in [-0.2, -0.15) is 0 Å². The fourth-order valence-electron chi connectivity index (χ4n) is 2.97. The predicted octanol–water partition coefficient (Wildman–Crippen LogP) is 4.66. The summed E-state index contributed by atoms with van der Waals surface area (Å²) in [6.45, 7) is 0. The van der Waals surface area contributed by atoms with E-state index in [0.29, 0.717) is 6.04 Å². The van der Waals surface area contributed by atoms with Gasteiger partial charge in [-0.3, -0.25) is 4.79 Å². The first-order chi connectivity index (χ1) is 9.75. The SMILES string of the molecule is O=C(NC1CCCCC1)c1ccc(Br)c2ccccc12. The minimum absolute atomic E-state index is 0.0561. The Morgan fingerprint density at radius 2 is 1.70 bits per heavy atom. The maximum Gasteiger partial charge on any atom is 0.252 e. The summed E-state index contributed by atoms with van der Waals surface area (Å²) in [6, 6.07) is 12.2. The van der Waals surface area contributed by atoms with Crippen LogP contribution in [-0.4, -0.2) is 11.9 Å². The molecule has 0 aromatic heterocycles. The zero-order valence-electron chi connectivity index (χ0n) is 11.4. The number of hydrogen-bond donors (Lipinski definition) is 1. The normalized spacial score (nSPS) is 16.2. The molecular formula is C17H18BrNO. The highest BCUT2D eigenvalue weighted by Gasteiger charge is 2.18. The lowest BCUT2D eigenvalue weighted by Gasteiger charge is -2.23. The molecule has 2 nitrogen and oxygen atoms in total. The van der Waals surface area contributed by atoms with Crippen molar-refractivity contribution >= 4 is 32.6 Å². The molecule has 0 spiro atoms. The van der Waals surface area contributed by atoms with Crippen LogP contribution >= 0.6 is 15.9 Å². The Hall–Kier alpha value is -1.35. The van der Waals surface area contributed by atoms with Crippen molar-refractivity contribution in [3.63, 3.8) is 0 Å². The van der Waals surface area contributed by atoms with Gasteiger partial charge in [0.1, 0.15) is 0 Å². The molecule has 2 aromatic carbocycles. The molecule has 1 aliphatic carbocycles. The van der Waals surface area contributed by atoms with E-state index in [0.717, 1.165) is 33.7 Å². The Labute approximate surface area is 127 Å². The third-order valence-electron chi connectivity index (χ3n) is 4.06. The second kappa shape index (κ2) is 5.96. The molecule has 1 aliphatic rings. The molecule has 0 aliphatic heterocycles. The molecule has 3 rings (SSSR count). The Morgan fingerprint density at radius 3 is 2.45 bits per heavy atom. The summed E-state index contributed by atoms with van der Waals surface area (Å²) in [6.07, 6.45) is 5.98. The van der Waals surface area contributed by atoms with Gasteiger partial charge in [0.05, 0.1) is 0 Å². The van der Waals surface area contributed by atoms with Crippen LogP contribution in [0.1, 0.15) is 42.5 Å². The molecule has 0 radical (unpaired) electrons. The average Bonchev–Trinajstić information content (AvgIpc) is 2.49. The van der Waals surface area contributed by atoms with Crippen molar-refractivity contribution < 1.29 is 4.79 Å². The van der Waals surface area contributed by atoms with Crippen LogP contribution < -0.4 is 5.32 Å². The summed E-state index contributed by atoms with van der Waals surface area (Å²) in [5, 5.41) is 5.29. The van der Waals surface area contributed by atoms with Gasteiger partial charge in [0.15, 0.2) is 0 Å². The number of hydrogen-bond acceptors (Lipinski definition) is 1. The fourth-order valence-corrected chi connectivity index (χ4v) is 3.45. The minimum atomic E-state index is 0.0561. The lowest BCUT2D eigenvalue weighted by Crippen LogP contribution is -2.36. The zero-order chi connectivity index (χ0) is 13.9. The molecule has 0 heterocycles. The van der Waals surface area contributed by atoms with Crippen LogP contribution in [0.2, 0.25) is 0 Å². The second-order valence-electron chi connectivity index (χ2n) is 5.45. The van der Waals surface area contributed by atoms with Gasteiger partial charge in [-0.1, -0.05) is 59.5 Å². The molecular weight excluding hydrogens is 314 g/mol. The number of carbonyl (C=O) groups is 1. The molecule has 0 atom stereocenters. The molecule has 0 saturated heterocycles. The fraction of sp³-hybridized carbons (Fsp3) is 0.353. The summed E-state index contributed by atoms with van der Waals surface area (Å²) in [5.74, 6) is 0.0561. The van der Waals surface area contributed by atoms with E-state index < -0.39 is 0 Å². The largest absolute Gasteiger partial charge is 0.349 e.